The molecule has 1 aromatic heterocycles. The maximum atomic E-state index is 12.4. The summed E-state index contributed by atoms with van der Waals surface area (Å²) >= 11 is 0. The molecule has 0 bridgehead atoms. The molecule has 29 heavy (non-hydrogen) atoms. The van der Waals surface area contributed by atoms with Gasteiger partial charge in [0.1, 0.15) is 11.7 Å². The molecule has 0 radical (unpaired) electrons. The van der Waals surface area contributed by atoms with Crippen molar-refractivity contribution in [2.75, 3.05) is 0 Å². The highest BCUT2D eigenvalue weighted by atomic mass is 16.2. The molecule has 2 N–H and O–H groups in total. The summed E-state index contributed by atoms with van der Waals surface area (Å²) in [5.41, 5.74) is 4.36. The lowest BCUT2D eigenvalue weighted by atomic mass is 9.88. The molecular formula is C23H24N4O2. The van der Waals surface area contributed by atoms with E-state index in [0.29, 0.717) is 18.7 Å². The van der Waals surface area contributed by atoms with Crippen LogP contribution in [0.1, 0.15) is 53.7 Å². The minimum atomic E-state index is -0.519. The summed E-state index contributed by atoms with van der Waals surface area (Å²) in [5.74, 6) is -0.0596. The standard InChI is InChI=1S/C23H24N4O2/c24-12-20(27-22(28)17-4-2-1-3-5-17)10-15-6-8-16(9-7-15)18-11-19-14-26-23(29)21(19)25-13-18/h6-9,11,13,17,20H,1-5,10,14H2,(H,26,29)(H,27,28). The van der Waals surface area contributed by atoms with Gasteiger partial charge >= 0.3 is 0 Å². The van der Waals surface area contributed by atoms with Crippen LogP contribution in [0, 0.1) is 17.2 Å². The zero-order valence-corrected chi connectivity index (χ0v) is 16.3. The van der Waals surface area contributed by atoms with Crippen molar-refractivity contribution in [3.63, 3.8) is 0 Å². The summed E-state index contributed by atoms with van der Waals surface area (Å²) < 4.78 is 0. The van der Waals surface area contributed by atoms with Gasteiger partial charge in [0, 0.05) is 36.2 Å². The molecular weight excluding hydrogens is 364 g/mol. The van der Waals surface area contributed by atoms with E-state index in [2.05, 4.69) is 21.7 Å². The van der Waals surface area contributed by atoms with E-state index in [9.17, 15) is 14.9 Å². The SMILES string of the molecule is N#CC(Cc1ccc(-c2cnc3c(c2)CNC3=O)cc1)NC(=O)C1CCCCC1. The number of nitrogens with zero attached hydrogens (tertiary/aromatic N) is 2. The molecule has 0 saturated heterocycles. The lowest BCUT2D eigenvalue weighted by molar-refractivity contribution is -0.126. The monoisotopic (exact) mass is 388 g/mol. The normalized spacial score (nSPS) is 17.1. The lowest BCUT2D eigenvalue weighted by Crippen LogP contribution is -2.40. The van der Waals surface area contributed by atoms with Crippen LogP contribution in [0.5, 0.6) is 0 Å². The number of aromatic nitrogens is 1. The summed E-state index contributed by atoms with van der Waals surface area (Å²) in [7, 11) is 0. The number of fused-ring (bicyclic) bond motifs is 1. The van der Waals surface area contributed by atoms with Crippen molar-refractivity contribution in [3.8, 4) is 17.2 Å². The Labute approximate surface area is 170 Å². The number of hydrogen-bond acceptors (Lipinski definition) is 4. The lowest BCUT2D eigenvalue weighted by Gasteiger charge is -2.22. The van der Waals surface area contributed by atoms with Gasteiger partial charge in [0.05, 0.1) is 6.07 Å². The number of nitriles is 1. The Bertz CT molecular complexity index is 956. The molecule has 1 atom stereocenters. The van der Waals surface area contributed by atoms with Gasteiger partial charge < -0.3 is 10.6 Å². The van der Waals surface area contributed by atoms with E-state index in [4.69, 9.17) is 0 Å². The van der Waals surface area contributed by atoms with Gasteiger partial charge in [0.15, 0.2) is 0 Å². The highest BCUT2D eigenvalue weighted by molar-refractivity contribution is 5.96. The van der Waals surface area contributed by atoms with Crippen LogP contribution in [0.4, 0.5) is 0 Å². The number of rotatable bonds is 5. The van der Waals surface area contributed by atoms with Crippen molar-refractivity contribution in [3.05, 3.63) is 53.3 Å². The average molecular weight is 388 g/mol. The quantitative estimate of drug-likeness (QED) is 0.823. The number of nitrogens with one attached hydrogen (secondary N) is 2. The predicted molar refractivity (Wildman–Crippen MR) is 109 cm³/mol. The average Bonchev–Trinajstić information content (AvgIpc) is 3.14. The first-order chi connectivity index (χ1) is 14.1. The first-order valence-corrected chi connectivity index (χ1v) is 10.2. The van der Waals surface area contributed by atoms with E-state index in [-0.39, 0.29) is 17.7 Å². The maximum absolute atomic E-state index is 12.4. The van der Waals surface area contributed by atoms with Gasteiger partial charge in [-0.15, -0.1) is 0 Å². The van der Waals surface area contributed by atoms with Crippen LogP contribution >= 0.6 is 0 Å². The minimum Gasteiger partial charge on any atom is -0.347 e. The third-order valence-electron chi connectivity index (χ3n) is 5.80. The molecule has 1 aliphatic heterocycles. The Hall–Kier alpha value is -3.20. The van der Waals surface area contributed by atoms with Crippen molar-refractivity contribution in [2.24, 2.45) is 5.92 Å². The van der Waals surface area contributed by atoms with Crippen molar-refractivity contribution in [2.45, 2.75) is 51.1 Å². The van der Waals surface area contributed by atoms with Crippen molar-refractivity contribution in [1.82, 2.24) is 15.6 Å². The van der Waals surface area contributed by atoms with Gasteiger partial charge in [0.25, 0.3) is 5.91 Å². The molecule has 2 heterocycles. The smallest absolute Gasteiger partial charge is 0.270 e. The second kappa shape index (κ2) is 8.44. The Morgan fingerprint density at radius 3 is 2.69 bits per heavy atom. The highest BCUT2D eigenvalue weighted by Crippen LogP contribution is 2.25. The van der Waals surface area contributed by atoms with Gasteiger partial charge in [-0.25, -0.2) is 0 Å². The number of hydrogen-bond donors (Lipinski definition) is 2. The summed E-state index contributed by atoms with van der Waals surface area (Å²) in [6, 6.07) is 11.6. The van der Waals surface area contributed by atoms with Gasteiger partial charge in [-0.2, -0.15) is 5.26 Å². The zero-order valence-electron chi connectivity index (χ0n) is 16.3. The highest BCUT2D eigenvalue weighted by Gasteiger charge is 2.23. The Balaban J connectivity index is 1.40. The van der Waals surface area contributed by atoms with Crippen LogP contribution in [0.15, 0.2) is 36.5 Å². The molecule has 1 unspecified atom stereocenters. The van der Waals surface area contributed by atoms with E-state index >= 15 is 0 Å². The Morgan fingerprint density at radius 2 is 1.97 bits per heavy atom. The fourth-order valence-electron chi connectivity index (χ4n) is 4.12. The third-order valence-corrected chi connectivity index (χ3v) is 5.80. The summed E-state index contributed by atoms with van der Waals surface area (Å²) in [4.78, 5) is 28.3. The topological polar surface area (TPSA) is 94.9 Å². The minimum absolute atomic E-state index is 0.0141. The molecule has 0 spiro atoms. The van der Waals surface area contributed by atoms with Crippen LogP contribution in [-0.4, -0.2) is 22.8 Å². The first kappa shape index (κ1) is 19.1. The largest absolute Gasteiger partial charge is 0.347 e. The predicted octanol–water partition coefficient (Wildman–Crippen LogP) is 3.12. The van der Waals surface area contributed by atoms with Gasteiger partial charge in [-0.05, 0) is 30.0 Å². The Morgan fingerprint density at radius 1 is 1.21 bits per heavy atom. The molecule has 1 saturated carbocycles. The van der Waals surface area contributed by atoms with E-state index in [1.54, 1.807) is 6.20 Å². The van der Waals surface area contributed by atoms with Crippen molar-refractivity contribution >= 4 is 11.8 Å². The van der Waals surface area contributed by atoms with Crippen LogP contribution in [0.2, 0.25) is 0 Å². The van der Waals surface area contributed by atoms with Gasteiger partial charge in [-0.3, -0.25) is 14.6 Å². The molecule has 4 rings (SSSR count). The molecule has 2 amide bonds. The van der Waals surface area contributed by atoms with Crippen LogP contribution in [0.25, 0.3) is 11.1 Å². The van der Waals surface area contributed by atoms with Crippen molar-refractivity contribution < 1.29 is 9.59 Å². The zero-order chi connectivity index (χ0) is 20.2. The first-order valence-electron chi connectivity index (χ1n) is 10.2. The van der Waals surface area contributed by atoms with E-state index in [0.717, 1.165) is 47.9 Å². The molecule has 6 nitrogen and oxygen atoms in total. The number of carbonyl (C=O) groups excluding carboxylic acids is 2. The maximum Gasteiger partial charge on any atom is 0.270 e. The van der Waals surface area contributed by atoms with Crippen LogP contribution < -0.4 is 10.6 Å². The summed E-state index contributed by atoms with van der Waals surface area (Å²) in [5, 5.41) is 15.2. The molecule has 6 heteroatoms. The number of amides is 2. The number of carbonyl (C=O) groups is 2. The van der Waals surface area contributed by atoms with Gasteiger partial charge in [-0.1, -0.05) is 43.5 Å². The molecule has 1 fully saturated rings. The number of benzene rings is 1. The second-order valence-electron chi connectivity index (χ2n) is 7.84. The Kier molecular flexibility index (Phi) is 5.57. The van der Waals surface area contributed by atoms with E-state index < -0.39 is 6.04 Å². The molecule has 2 aromatic rings. The summed E-state index contributed by atoms with van der Waals surface area (Å²) in [6.07, 6.45) is 7.43. The van der Waals surface area contributed by atoms with Crippen molar-refractivity contribution in [1.29, 1.82) is 5.26 Å². The van der Waals surface area contributed by atoms with E-state index in [1.807, 2.05) is 30.3 Å². The number of pyridine rings is 1. The molecule has 1 aromatic carbocycles. The second-order valence-corrected chi connectivity index (χ2v) is 7.84. The van der Waals surface area contributed by atoms with Crippen LogP contribution in [-0.2, 0) is 17.8 Å². The molecule has 2 aliphatic rings. The molecule has 148 valence electrons. The van der Waals surface area contributed by atoms with Gasteiger partial charge in [0.2, 0.25) is 5.91 Å². The fourth-order valence-corrected chi connectivity index (χ4v) is 4.12. The third kappa shape index (κ3) is 4.29. The van der Waals surface area contributed by atoms with E-state index in [1.165, 1.54) is 6.42 Å². The fraction of sp³-hybridized carbons (Fsp3) is 0.391. The molecule has 1 aliphatic carbocycles. The van der Waals surface area contributed by atoms with Crippen LogP contribution in [0.3, 0.4) is 0 Å². The summed E-state index contributed by atoms with van der Waals surface area (Å²) in [6.45, 7) is 0.512.